The van der Waals surface area contributed by atoms with Crippen LogP contribution in [0.25, 0.3) is 11.1 Å². The second kappa shape index (κ2) is 46.0. The van der Waals surface area contributed by atoms with Crippen molar-refractivity contribution in [1.82, 2.24) is 44.0 Å². The molecule has 23 nitrogen and oxygen atoms in total. The topological polar surface area (TPSA) is 263 Å². The van der Waals surface area contributed by atoms with Crippen LogP contribution in [0.2, 0.25) is 15.1 Å². The molecule has 3 aromatic carbocycles. The van der Waals surface area contributed by atoms with Gasteiger partial charge in [-0.15, -0.1) is 0 Å². The Morgan fingerprint density at radius 1 is 0.475 bits per heavy atom. The van der Waals surface area contributed by atoms with Crippen LogP contribution in [0.1, 0.15) is 268 Å². The highest BCUT2D eigenvalue weighted by Crippen LogP contribution is 2.49. The third-order valence-electron chi connectivity index (χ3n) is 23.6. The molecule has 1 fully saturated rings. The maximum atomic E-state index is 13.2. The SMILES string of the molecule is CCC(C)(C)n1cc(B2OC(C)(C)C(C)(C)O2)cn1.CCC(C)(C)n1cc(C2=CN(CCOC)C(=O)C[C@@]2(C)c2ccc(CCC(C)(C)C)c(Cl)c2)cn1.COCCN1C=C(Br)[C@](C)(c2ccc(CCC(C)(C)C)c(Cl)c2)CC1=O.COCCN1C=C(c2cnn(C(C)C)c2)[C@](C)(c2ccc(CCC(C)(C)C)c(Cl)c2)CC1=O.O=C=O.O=C=O.O=C=O. The first-order valence-corrected chi connectivity index (χ1v) is 43.6. The average Bonchev–Trinajstić information content (AvgIpc) is 1.24. The van der Waals surface area contributed by atoms with Crippen molar-refractivity contribution in [1.29, 1.82) is 0 Å². The standard InChI is InChI=1S/C29H42ClN3O2.C27H38ClN3O2.C21H29BrClNO2.C14H25BN2O2.3CO2/c1-9-28(5,6)33-19-22(18-31-33)24-20-32(14-15-35-8)26(34)17-29(24,7)23-11-10-21(25(30)16-23)12-13-27(2,3)4;1-19(2)31-17-21(16-29-31)23-18-30(12-13-33-7)25(32)15-27(23,6)22-9-8-20(24(28)14-22)10-11-26(3,4)5;1-20(2,3)9-8-15-6-7-16(12-17(15)23)21(4)13-19(25)24(10-11-26-5)14-18(21)22;1-8-12(2,3)17-10-11(9-16-17)15-18-13(4,5)14(6,7)19-15;3*2-1-3/h10-11,16,18-20H,9,12-15,17H2,1-8H3;8-9,14,16-19H,10-13,15H2,1-7H3;6-7,12,14H,8-11,13H2,1-5H3;9-10H,8H2,1-7H3;;;/t29-;27-;21-;;;;/m000..../s1. The number of ether oxygens (including phenoxy) is 3. The monoisotopic (exact) mass is 1810 g/mol. The van der Waals surface area contributed by atoms with Crippen LogP contribution >= 0.6 is 50.7 Å². The summed E-state index contributed by atoms with van der Waals surface area (Å²) in [6.07, 6.45) is 27.7. The van der Waals surface area contributed by atoms with Gasteiger partial charge in [-0.3, -0.25) is 28.4 Å². The molecule has 4 aliphatic heterocycles. The lowest BCUT2D eigenvalue weighted by atomic mass is 9.69. The molecule has 122 heavy (non-hydrogen) atoms. The first kappa shape index (κ1) is 107. The Bertz CT molecular complexity index is 4610. The van der Waals surface area contributed by atoms with Crippen molar-refractivity contribution < 1.29 is 66.7 Å². The van der Waals surface area contributed by atoms with E-state index in [-0.39, 0.29) is 87.9 Å². The maximum Gasteiger partial charge on any atom is 0.498 e. The lowest BCUT2D eigenvalue weighted by molar-refractivity contribution is -0.193. The van der Waals surface area contributed by atoms with Crippen LogP contribution in [-0.4, -0.2) is 159 Å². The molecule has 4 aliphatic rings. The fourth-order valence-corrected chi connectivity index (χ4v) is 15.2. The third-order valence-corrected chi connectivity index (χ3v) is 25.7. The zero-order chi connectivity index (χ0) is 92.5. The number of methoxy groups -OCH3 is 3. The molecular weight excluding hydrogens is 1680 g/mol. The summed E-state index contributed by atoms with van der Waals surface area (Å²) in [4.78, 5) is 92.9. The molecule has 3 atom stereocenters. The molecule has 0 spiro atoms. The van der Waals surface area contributed by atoms with Gasteiger partial charge in [0.25, 0.3) is 0 Å². The lowest BCUT2D eigenvalue weighted by Crippen LogP contribution is -2.41. The predicted octanol–water partition coefficient (Wildman–Crippen LogP) is 19.4. The van der Waals surface area contributed by atoms with E-state index in [1.165, 1.54) is 0 Å². The van der Waals surface area contributed by atoms with Crippen LogP contribution in [0.15, 0.2) is 115 Å². The highest BCUT2D eigenvalue weighted by Gasteiger charge is 2.52. The van der Waals surface area contributed by atoms with Crippen molar-refractivity contribution in [2.75, 3.05) is 60.8 Å². The molecule has 0 N–H and O–H groups in total. The van der Waals surface area contributed by atoms with Gasteiger partial charge in [0.1, 0.15) is 0 Å². The molecule has 3 amide bonds. The van der Waals surface area contributed by atoms with E-state index in [1.807, 2.05) is 63.5 Å². The first-order chi connectivity index (χ1) is 56.6. The molecule has 0 bridgehead atoms. The van der Waals surface area contributed by atoms with E-state index in [0.29, 0.717) is 58.7 Å². The number of hydrogen-bond donors (Lipinski definition) is 0. The predicted molar refractivity (Wildman–Crippen MR) is 484 cm³/mol. The molecule has 6 aromatic rings. The van der Waals surface area contributed by atoms with Gasteiger partial charge >= 0.3 is 25.6 Å². The van der Waals surface area contributed by atoms with Crippen molar-refractivity contribution in [3.8, 4) is 0 Å². The van der Waals surface area contributed by atoms with Crippen LogP contribution in [-0.2, 0) is 113 Å². The van der Waals surface area contributed by atoms with Crippen molar-refractivity contribution in [3.63, 3.8) is 0 Å². The Morgan fingerprint density at radius 2 is 0.787 bits per heavy atom. The Labute approximate surface area is 749 Å². The molecule has 0 radical (unpaired) electrons. The molecule has 10 rings (SSSR count). The molecule has 670 valence electrons. The molecule has 7 heterocycles. The smallest absolute Gasteiger partial charge is 0.399 e. The van der Waals surface area contributed by atoms with Crippen molar-refractivity contribution in [2.45, 2.75) is 281 Å². The second-order valence-electron chi connectivity index (χ2n) is 38.3. The number of allylic oxidation sites excluding steroid dienone is 3. The molecule has 0 unspecified atom stereocenters. The Balaban J connectivity index is 0.000000336. The largest absolute Gasteiger partial charge is 0.498 e. The van der Waals surface area contributed by atoms with Crippen LogP contribution in [0.3, 0.4) is 0 Å². The van der Waals surface area contributed by atoms with Gasteiger partial charge < -0.3 is 38.2 Å². The number of rotatable bonds is 26. The summed E-state index contributed by atoms with van der Waals surface area (Å²) < 4.78 is 34.6. The van der Waals surface area contributed by atoms with Crippen LogP contribution < -0.4 is 5.46 Å². The highest BCUT2D eigenvalue weighted by atomic mass is 79.9. The van der Waals surface area contributed by atoms with E-state index in [2.05, 4.69) is 253 Å². The van der Waals surface area contributed by atoms with Gasteiger partial charge in [0.15, 0.2) is 0 Å². The summed E-state index contributed by atoms with van der Waals surface area (Å²) >= 11 is 23.8. The Kier molecular flexibility index (Phi) is 40.2. The number of nitrogens with zero attached hydrogens (tertiary/aromatic N) is 9. The summed E-state index contributed by atoms with van der Waals surface area (Å²) in [7, 11) is 4.62. The number of aryl methyl sites for hydroxylation is 3. The molecular formula is C94H134BBrCl3N9O14. The van der Waals surface area contributed by atoms with E-state index in [4.69, 9.17) is 92.2 Å². The van der Waals surface area contributed by atoms with Crippen molar-refractivity contribution in [2.24, 2.45) is 16.2 Å². The minimum Gasteiger partial charge on any atom is -0.399 e. The molecule has 1 saturated heterocycles. The molecule has 3 aromatic heterocycles. The second-order valence-corrected chi connectivity index (χ2v) is 40.4. The summed E-state index contributed by atoms with van der Waals surface area (Å²) in [6.45, 7) is 55.2. The quantitative estimate of drug-likeness (QED) is 0.0457. The maximum absolute atomic E-state index is 13.2. The minimum atomic E-state index is -0.517. The fraction of sp³-hybridized carbons (Fsp3) is 0.585. The first-order valence-electron chi connectivity index (χ1n) is 41.7. The zero-order valence-corrected chi connectivity index (χ0v) is 81.2. The molecule has 0 saturated carbocycles. The van der Waals surface area contributed by atoms with Gasteiger partial charge in [0, 0.05) is 162 Å². The summed E-state index contributed by atoms with van der Waals surface area (Å²) in [5, 5.41) is 16.0. The normalized spacial score (nSPS) is 18.9. The van der Waals surface area contributed by atoms with Crippen molar-refractivity contribution in [3.05, 3.63) is 174 Å². The number of halogens is 4. The van der Waals surface area contributed by atoms with E-state index >= 15 is 0 Å². The summed E-state index contributed by atoms with van der Waals surface area (Å²) in [5.41, 5.74) is 10.5. The molecule has 28 heteroatoms. The number of aromatic nitrogens is 6. The van der Waals surface area contributed by atoms with E-state index in [1.54, 1.807) is 36.0 Å². The fourth-order valence-electron chi connectivity index (χ4n) is 13.7. The number of carbonyl (C=O) groups is 3. The van der Waals surface area contributed by atoms with Gasteiger partial charge in [-0.25, -0.2) is 0 Å². The number of amides is 3. The average molecular weight is 1810 g/mol. The summed E-state index contributed by atoms with van der Waals surface area (Å²) in [5.74, 6) is 0.269. The molecule has 0 aliphatic carbocycles. The lowest BCUT2D eigenvalue weighted by Gasteiger charge is -2.39. The van der Waals surface area contributed by atoms with E-state index in [9.17, 15) is 14.4 Å². The van der Waals surface area contributed by atoms with Gasteiger partial charge in [-0.2, -0.15) is 44.1 Å². The van der Waals surface area contributed by atoms with Gasteiger partial charge in [-0.1, -0.05) is 184 Å². The zero-order valence-electron chi connectivity index (χ0n) is 77.3. The number of benzene rings is 3. The van der Waals surface area contributed by atoms with Gasteiger partial charge in [0.2, 0.25) is 17.7 Å². The highest BCUT2D eigenvalue weighted by molar-refractivity contribution is 9.11. The number of hydrogen-bond acceptors (Lipinski definition) is 17. The van der Waals surface area contributed by atoms with Crippen LogP contribution in [0.5, 0.6) is 0 Å². The minimum absolute atomic E-state index is 0.0158. The Hall–Kier alpha value is -7.73. The van der Waals surface area contributed by atoms with Gasteiger partial charge in [-0.05, 0) is 200 Å². The number of carbonyl (C=O) groups excluding carboxylic acids is 9. The van der Waals surface area contributed by atoms with Gasteiger partial charge in [0.05, 0.1) is 54.5 Å². The van der Waals surface area contributed by atoms with Crippen molar-refractivity contribution >= 4 is 111 Å². The van der Waals surface area contributed by atoms with Crippen LogP contribution in [0.4, 0.5) is 0 Å². The van der Waals surface area contributed by atoms with E-state index < -0.39 is 16.2 Å². The third kappa shape index (κ3) is 29.7. The Morgan fingerprint density at radius 3 is 1.11 bits per heavy atom. The summed E-state index contributed by atoms with van der Waals surface area (Å²) in [6, 6.07) is 19.2. The van der Waals surface area contributed by atoms with Crippen LogP contribution in [0, 0.1) is 16.2 Å². The van der Waals surface area contributed by atoms with E-state index in [0.717, 1.165) is 132 Å².